The maximum Gasteiger partial charge on any atom is 0.335 e. The van der Waals surface area contributed by atoms with Crippen molar-refractivity contribution in [1.82, 2.24) is 5.32 Å². The molecule has 1 N–H and O–H groups in total. The summed E-state index contributed by atoms with van der Waals surface area (Å²) in [6, 6.07) is 10.2. The first-order valence-electron chi connectivity index (χ1n) is 11.2. The van der Waals surface area contributed by atoms with Crippen LogP contribution in [0.2, 0.25) is 0 Å². The first-order valence-corrected chi connectivity index (χ1v) is 11.2. The first kappa shape index (κ1) is 23.3. The molecule has 2 heterocycles. The lowest BCUT2D eigenvalue weighted by molar-refractivity contribution is -0.122. The number of ether oxygens (including phenoxy) is 1. The van der Waals surface area contributed by atoms with E-state index in [4.69, 9.17) is 4.74 Å². The molecule has 1 fully saturated rings. The van der Waals surface area contributed by atoms with Gasteiger partial charge in [-0.1, -0.05) is 31.2 Å². The van der Waals surface area contributed by atoms with E-state index in [0.29, 0.717) is 23.4 Å². The van der Waals surface area contributed by atoms with Crippen LogP contribution in [0.15, 0.2) is 48.0 Å². The van der Waals surface area contributed by atoms with Gasteiger partial charge >= 0.3 is 6.03 Å². The monoisotopic (exact) mass is 459 g/mol. The van der Waals surface area contributed by atoms with Crippen LogP contribution in [-0.4, -0.2) is 37.5 Å². The molecule has 2 aromatic rings. The minimum absolute atomic E-state index is 0.130. The number of carbonyl (C=O) groups excluding carboxylic acids is 3. The van der Waals surface area contributed by atoms with Gasteiger partial charge in [0.2, 0.25) is 0 Å². The number of rotatable bonds is 4. The molecule has 4 rings (SSSR count). The fourth-order valence-corrected chi connectivity index (χ4v) is 4.54. The Hall–Kier alpha value is -3.87. The van der Waals surface area contributed by atoms with Gasteiger partial charge in [-0.15, -0.1) is 0 Å². The summed E-state index contributed by atoms with van der Waals surface area (Å²) < 4.78 is 5.63. The van der Waals surface area contributed by atoms with Crippen molar-refractivity contribution in [3.63, 3.8) is 0 Å². The molecule has 176 valence electrons. The molecule has 0 aliphatic carbocycles. The quantitative estimate of drug-likeness (QED) is 0.536. The van der Waals surface area contributed by atoms with E-state index in [2.05, 4.69) is 30.1 Å². The molecule has 7 heteroatoms. The lowest BCUT2D eigenvalue weighted by Gasteiger charge is -2.41. The summed E-state index contributed by atoms with van der Waals surface area (Å²) in [5.41, 5.74) is 4.65. The van der Waals surface area contributed by atoms with Crippen LogP contribution < -0.4 is 19.9 Å². The van der Waals surface area contributed by atoms with Crippen molar-refractivity contribution < 1.29 is 19.1 Å². The Morgan fingerprint density at radius 3 is 2.47 bits per heavy atom. The van der Waals surface area contributed by atoms with Gasteiger partial charge in [0.1, 0.15) is 11.3 Å². The number of nitrogens with zero attached hydrogens (tertiary/aromatic N) is 2. The number of hydrogen-bond donors (Lipinski definition) is 1. The van der Waals surface area contributed by atoms with Crippen molar-refractivity contribution in [2.24, 2.45) is 0 Å². The Morgan fingerprint density at radius 2 is 1.79 bits per heavy atom. The number of benzene rings is 2. The van der Waals surface area contributed by atoms with E-state index in [1.807, 2.05) is 45.2 Å². The SMILES string of the molecule is CCc1ccccc1N1C(=O)NC(=O)/C(=C/c2cc3c(cc2OC)N(C)C(C)(C)C=C3C)C1=O. The molecule has 0 atom stereocenters. The average Bonchev–Trinajstić information content (AvgIpc) is 2.80. The smallest absolute Gasteiger partial charge is 0.335 e. The molecule has 4 amide bonds. The highest BCUT2D eigenvalue weighted by molar-refractivity contribution is 6.39. The maximum absolute atomic E-state index is 13.4. The van der Waals surface area contributed by atoms with Crippen LogP contribution in [-0.2, 0) is 16.0 Å². The number of barbiturate groups is 1. The molecule has 0 bridgehead atoms. The Labute approximate surface area is 199 Å². The van der Waals surface area contributed by atoms with E-state index in [1.165, 1.54) is 6.08 Å². The molecule has 2 aliphatic heterocycles. The van der Waals surface area contributed by atoms with Crippen LogP contribution in [0.25, 0.3) is 11.6 Å². The van der Waals surface area contributed by atoms with E-state index >= 15 is 0 Å². The third-order valence-electron chi connectivity index (χ3n) is 6.58. The zero-order valence-electron chi connectivity index (χ0n) is 20.4. The highest BCUT2D eigenvalue weighted by Crippen LogP contribution is 2.42. The topological polar surface area (TPSA) is 79.0 Å². The number of aryl methyl sites for hydroxylation is 1. The average molecular weight is 460 g/mol. The highest BCUT2D eigenvalue weighted by atomic mass is 16.5. The summed E-state index contributed by atoms with van der Waals surface area (Å²) in [6.45, 7) is 8.25. The Bertz CT molecular complexity index is 1270. The maximum atomic E-state index is 13.4. The van der Waals surface area contributed by atoms with Gasteiger partial charge < -0.3 is 9.64 Å². The zero-order valence-corrected chi connectivity index (χ0v) is 20.4. The van der Waals surface area contributed by atoms with Crippen molar-refractivity contribution in [3.8, 4) is 5.75 Å². The van der Waals surface area contributed by atoms with Gasteiger partial charge in [0.05, 0.1) is 18.3 Å². The molecule has 1 saturated heterocycles. The van der Waals surface area contributed by atoms with Crippen molar-refractivity contribution >= 4 is 40.9 Å². The van der Waals surface area contributed by atoms with Crippen LogP contribution in [0.4, 0.5) is 16.2 Å². The molecule has 34 heavy (non-hydrogen) atoms. The summed E-state index contributed by atoms with van der Waals surface area (Å²) in [7, 11) is 3.57. The summed E-state index contributed by atoms with van der Waals surface area (Å²) in [5.74, 6) is -0.868. The predicted octanol–water partition coefficient (Wildman–Crippen LogP) is 4.56. The number of amides is 4. The molecule has 0 unspecified atom stereocenters. The van der Waals surface area contributed by atoms with Gasteiger partial charge in [-0.25, -0.2) is 9.69 Å². The number of para-hydroxylation sites is 1. The third kappa shape index (κ3) is 3.77. The zero-order chi connectivity index (χ0) is 24.8. The number of fused-ring (bicyclic) bond motifs is 1. The highest BCUT2D eigenvalue weighted by Gasteiger charge is 2.38. The molecular formula is C27H29N3O4. The second-order valence-electron chi connectivity index (χ2n) is 9.09. The normalized spacial score (nSPS) is 18.6. The lowest BCUT2D eigenvalue weighted by Crippen LogP contribution is -2.54. The van der Waals surface area contributed by atoms with E-state index < -0.39 is 17.8 Å². The van der Waals surface area contributed by atoms with E-state index in [-0.39, 0.29) is 11.1 Å². The summed E-state index contributed by atoms with van der Waals surface area (Å²) >= 11 is 0. The number of likely N-dealkylation sites (N-methyl/N-ethyl adjacent to an activating group) is 1. The number of methoxy groups -OCH3 is 1. The fraction of sp³-hybridized carbons (Fsp3) is 0.296. The lowest BCUT2D eigenvalue weighted by atomic mass is 9.88. The molecule has 0 spiro atoms. The van der Waals surface area contributed by atoms with Gasteiger partial charge in [-0.05, 0) is 56.5 Å². The molecule has 0 aromatic heterocycles. The van der Waals surface area contributed by atoms with Crippen LogP contribution in [0, 0.1) is 0 Å². The molecular weight excluding hydrogens is 430 g/mol. The second-order valence-corrected chi connectivity index (χ2v) is 9.09. The van der Waals surface area contributed by atoms with Gasteiger partial charge in [-0.3, -0.25) is 14.9 Å². The Kier molecular flexibility index (Phi) is 5.81. The minimum Gasteiger partial charge on any atom is -0.496 e. The largest absolute Gasteiger partial charge is 0.496 e. The van der Waals surface area contributed by atoms with E-state index in [0.717, 1.165) is 27.3 Å². The fourth-order valence-electron chi connectivity index (χ4n) is 4.54. The molecule has 0 saturated carbocycles. The number of carbonyl (C=O) groups is 3. The standard InChI is InChI=1S/C27H29N3O4/c1-7-17-10-8-9-11-21(17)30-25(32)20(24(31)28-26(30)33)13-18-12-19-16(2)15-27(3,4)29(5)22(19)14-23(18)34-6/h8-15H,7H2,1-6H3,(H,28,31,33)/b20-13-. The molecule has 0 radical (unpaired) electrons. The predicted molar refractivity (Wildman–Crippen MR) is 134 cm³/mol. The summed E-state index contributed by atoms with van der Waals surface area (Å²) in [6.07, 6.45) is 4.31. The van der Waals surface area contributed by atoms with E-state index in [9.17, 15) is 14.4 Å². The second kappa shape index (κ2) is 8.48. The van der Waals surface area contributed by atoms with Crippen molar-refractivity contribution in [2.45, 2.75) is 39.7 Å². The summed E-state index contributed by atoms with van der Waals surface area (Å²) in [5, 5.41) is 2.30. The number of imide groups is 2. The van der Waals surface area contributed by atoms with Crippen molar-refractivity contribution in [1.29, 1.82) is 0 Å². The van der Waals surface area contributed by atoms with Crippen LogP contribution in [0.5, 0.6) is 5.75 Å². The minimum atomic E-state index is -0.756. The molecule has 7 nitrogen and oxygen atoms in total. The third-order valence-corrected chi connectivity index (χ3v) is 6.58. The first-order chi connectivity index (χ1) is 16.1. The molecule has 2 aromatic carbocycles. The van der Waals surface area contributed by atoms with Crippen molar-refractivity contribution in [2.75, 3.05) is 24.0 Å². The van der Waals surface area contributed by atoms with Crippen LogP contribution >= 0.6 is 0 Å². The van der Waals surface area contributed by atoms with Gasteiger partial charge in [0.15, 0.2) is 0 Å². The van der Waals surface area contributed by atoms with E-state index in [1.54, 1.807) is 19.2 Å². The summed E-state index contributed by atoms with van der Waals surface area (Å²) in [4.78, 5) is 42.0. The van der Waals surface area contributed by atoms with Crippen LogP contribution in [0.3, 0.4) is 0 Å². The van der Waals surface area contributed by atoms with Crippen LogP contribution in [0.1, 0.15) is 44.4 Å². The number of urea groups is 1. The van der Waals surface area contributed by atoms with Gasteiger partial charge in [-0.2, -0.15) is 0 Å². The van der Waals surface area contributed by atoms with Gasteiger partial charge in [0.25, 0.3) is 11.8 Å². The Balaban J connectivity index is 1.83. The number of anilines is 2. The molecule has 2 aliphatic rings. The number of allylic oxidation sites excluding steroid dienone is 1. The van der Waals surface area contributed by atoms with Gasteiger partial charge in [0, 0.05) is 29.9 Å². The number of nitrogens with one attached hydrogen (secondary N) is 1. The van der Waals surface area contributed by atoms with Crippen molar-refractivity contribution in [3.05, 3.63) is 64.7 Å². The Morgan fingerprint density at radius 1 is 1.09 bits per heavy atom. The number of hydrogen-bond acceptors (Lipinski definition) is 5.